The highest BCUT2D eigenvalue weighted by molar-refractivity contribution is 6.02. The van der Waals surface area contributed by atoms with Crippen LogP contribution in [0.3, 0.4) is 0 Å². The van der Waals surface area contributed by atoms with Gasteiger partial charge in [-0.25, -0.2) is 0 Å². The summed E-state index contributed by atoms with van der Waals surface area (Å²) in [6, 6.07) is 18.2. The van der Waals surface area contributed by atoms with Crippen LogP contribution >= 0.6 is 0 Å². The van der Waals surface area contributed by atoms with Crippen LogP contribution in [0.4, 0.5) is 0 Å². The summed E-state index contributed by atoms with van der Waals surface area (Å²) in [6.07, 6.45) is 25.1. The second-order valence-electron chi connectivity index (χ2n) is 10.2. The van der Waals surface area contributed by atoms with E-state index in [2.05, 4.69) is 91.1 Å². The van der Waals surface area contributed by atoms with Crippen molar-refractivity contribution in [2.75, 3.05) is 0 Å². The summed E-state index contributed by atoms with van der Waals surface area (Å²) >= 11 is 0. The van der Waals surface area contributed by atoms with Crippen molar-refractivity contribution >= 4 is 40.1 Å². The van der Waals surface area contributed by atoms with Crippen LogP contribution in [0.1, 0.15) is 56.1 Å². The third-order valence-corrected chi connectivity index (χ3v) is 8.25. The average Bonchev–Trinajstić information content (AvgIpc) is 2.91. The van der Waals surface area contributed by atoms with Crippen molar-refractivity contribution in [1.82, 2.24) is 0 Å². The van der Waals surface area contributed by atoms with Crippen molar-refractivity contribution in [3.63, 3.8) is 0 Å². The third-order valence-electron chi connectivity index (χ3n) is 8.25. The summed E-state index contributed by atoms with van der Waals surface area (Å²) in [5.41, 5.74) is 7.57. The Hall–Kier alpha value is -3.38. The van der Waals surface area contributed by atoms with Crippen LogP contribution < -0.4 is 20.9 Å². The fraction of sp³-hybridized carbons (Fsp3) is 0.235. The molecule has 0 saturated heterocycles. The van der Waals surface area contributed by atoms with Gasteiger partial charge < -0.3 is 0 Å². The summed E-state index contributed by atoms with van der Waals surface area (Å²) in [5, 5.41) is 8.63. The van der Waals surface area contributed by atoms with Crippen LogP contribution in [0.15, 0.2) is 78.4 Å². The lowest BCUT2D eigenvalue weighted by Crippen LogP contribution is -2.37. The Labute approximate surface area is 201 Å². The number of hydrogen-bond acceptors (Lipinski definition) is 0. The molecule has 0 N–H and O–H groups in total. The molecule has 166 valence electrons. The lowest BCUT2D eigenvalue weighted by Gasteiger charge is -2.28. The summed E-state index contributed by atoms with van der Waals surface area (Å²) in [6.45, 7) is 0. The van der Waals surface area contributed by atoms with E-state index >= 15 is 0 Å². The van der Waals surface area contributed by atoms with Gasteiger partial charge in [0.05, 0.1) is 0 Å². The highest BCUT2D eigenvalue weighted by Gasteiger charge is 2.24. The van der Waals surface area contributed by atoms with Crippen LogP contribution in [-0.2, 0) is 0 Å². The number of benzene rings is 3. The van der Waals surface area contributed by atoms with Crippen molar-refractivity contribution < 1.29 is 0 Å². The maximum Gasteiger partial charge on any atom is -0.00639 e. The molecule has 0 heteroatoms. The van der Waals surface area contributed by atoms with Crippen molar-refractivity contribution in [2.45, 2.75) is 44.9 Å². The summed E-state index contributed by atoms with van der Waals surface area (Å²) in [4.78, 5) is 0. The Morgan fingerprint density at radius 1 is 0.706 bits per heavy atom. The number of rotatable bonds is 2. The minimum absolute atomic E-state index is 0.705. The van der Waals surface area contributed by atoms with Crippen LogP contribution in [0, 0.1) is 5.92 Å². The van der Waals surface area contributed by atoms with E-state index in [-0.39, 0.29) is 0 Å². The minimum atomic E-state index is 0.705. The van der Waals surface area contributed by atoms with Gasteiger partial charge in [0.1, 0.15) is 0 Å². The monoisotopic (exact) mass is 438 g/mol. The summed E-state index contributed by atoms with van der Waals surface area (Å²) in [7, 11) is 0. The van der Waals surface area contributed by atoms with Gasteiger partial charge in [-0.2, -0.15) is 0 Å². The van der Waals surface area contributed by atoms with Crippen molar-refractivity contribution in [3.05, 3.63) is 110 Å². The molecule has 4 aliphatic rings. The zero-order valence-electron chi connectivity index (χ0n) is 19.7. The highest BCUT2D eigenvalue weighted by atomic mass is 14.3. The molecule has 0 spiro atoms. The van der Waals surface area contributed by atoms with E-state index in [0.717, 1.165) is 25.7 Å². The van der Waals surface area contributed by atoms with Gasteiger partial charge in [0, 0.05) is 0 Å². The standard InChI is InChI=1S/C34H30/c1-2-12-25-22-26(21-20-23(25)10-1)33-29-15-5-7-17-31(29)34(32-18-8-6-16-30(32)33)28-19-9-13-24-11-3-4-14-27(24)28/h1-5,7,11-18,22-23H,6,8-10,19-21H2. The zero-order chi connectivity index (χ0) is 22.5. The second-order valence-corrected chi connectivity index (χ2v) is 10.2. The molecule has 0 radical (unpaired) electrons. The molecule has 0 fully saturated rings. The predicted octanol–water partition coefficient (Wildman–Crippen LogP) is 5.65. The maximum atomic E-state index is 2.53. The summed E-state index contributed by atoms with van der Waals surface area (Å²) < 4.78 is 0. The van der Waals surface area contributed by atoms with E-state index < -0.39 is 0 Å². The van der Waals surface area contributed by atoms with E-state index in [1.165, 1.54) is 78.8 Å². The third kappa shape index (κ3) is 3.12. The first-order valence-electron chi connectivity index (χ1n) is 13.0. The SMILES string of the molecule is C1=CCC2CCC(c3c4c(c(C5=c6ccccc6=CCC5)c5ccccc35)=CCCC=4)=CC2=C1. The topological polar surface area (TPSA) is 0 Å². The first-order chi connectivity index (χ1) is 16.9. The molecule has 3 aromatic rings. The van der Waals surface area contributed by atoms with Crippen LogP contribution in [0.25, 0.3) is 40.1 Å². The fourth-order valence-electron chi connectivity index (χ4n) is 6.69. The molecule has 0 amide bonds. The molecular formula is C34H30. The van der Waals surface area contributed by atoms with E-state index in [1.807, 2.05) is 0 Å². The van der Waals surface area contributed by atoms with Gasteiger partial charge in [-0.3, -0.25) is 0 Å². The normalized spacial score (nSPS) is 20.7. The Kier molecular flexibility index (Phi) is 4.79. The first-order valence-corrected chi connectivity index (χ1v) is 13.0. The number of fused-ring (bicyclic) bond motifs is 4. The van der Waals surface area contributed by atoms with Gasteiger partial charge in [0.2, 0.25) is 0 Å². The van der Waals surface area contributed by atoms with Gasteiger partial charge in [0.25, 0.3) is 0 Å². The summed E-state index contributed by atoms with van der Waals surface area (Å²) in [5.74, 6) is 0.705. The molecule has 4 aliphatic carbocycles. The molecule has 1 unspecified atom stereocenters. The number of allylic oxidation sites excluding steroid dienone is 6. The molecule has 3 aromatic carbocycles. The van der Waals surface area contributed by atoms with Gasteiger partial charge in [0.15, 0.2) is 0 Å². The van der Waals surface area contributed by atoms with E-state index in [1.54, 1.807) is 0 Å². The Balaban J connectivity index is 1.60. The molecule has 1 atom stereocenters. The van der Waals surface area contributed by atoms with Gasteiger partial charge in [-0.15, -0.1) is 0 Å². The van der Waals surface area contributed by atoms with Gasteiger partial charge >= 0.3 is 0 Å². The van der Waals surface area contributed by atoms with Crippen molar-refractivity contribution in [2.24, 2.45) is 5.92 Å². The molecular weight excluding hydrogens is 408 g/mol. The molecule has 7 rings (SSSR count). The molecule has 0 aliphatic heterocycles. The Morgan fingerprint density at radius 2 is 1.47 bits per heavy atom. The lowest BCUT2D eigenvalue weighted by molar-refractivity contribution is 0.572. The Bertz CT molecular complexity index is 1670. The molecule has 0 heterocycles. The molecule has 0 nitrogen and oxygen atoms in total. The van der Waals surface area contributed by atoms with Crippen LogP contribution in [0.5, 0.6) is 0 Å². The predicted molar refractivity (Wildman–Crippen MR) is 146 cm³/mol. The van der Waals surface area contributed by atoms with Crippen molar-refractivity contribution in [1.29, 1.82) is 0 Å². The Morgan fingerprint density at radius 3 is 2.35 bits per heavy atom. The van der Waals surface area contributed by atoms with Crippen LogP contribution in [0.2, 0.25) is 0 Å². The van der Waals surface area contributed by atoms with Gasteiger partial charge in [-0.05, 0) is 110 Å². The van der Waals surface area contributed by atoms with E-state index in [4.69, 9.17) is 0 Å². The maximum absolute atomic E-state index is 2.53. The molecule has 34 heavy (non-hydrogen) atoms. The van der Waals surface area contributed by atoms with E-state index in [0.29, 0.717) is 5.92 Å². The van der Waals surface area contributed by atoms with Crippen molar-refractivity contribution in [3.8, 4) is 0 Å². The smallest absolute Gasteiger partial charge is 0.00639 e. The average molecular weight is 439 g/mol. The largest absolute Gasteiger partial charge is 0.0839 e. The first kappa shape index (κ1) is 20.0. The zero-order valence-corrected chi connectivity index (χ0v) is 19.7. The van der Waals surface area contributed by atoms with Gasteiger partial charge in [-0.1, -0.05) is 91.1 Å². The quantitative estimate of drug-likeness (QED) is 0.485. The second kappa shape index (κ2) is 8.13. The van der Waals surface area contributed by atoms with E-state index in [9.17, 15) is 0 Å². The van der Waals surface area contributed by atoms with Crippen LogP contribution in [-0.4, -0.2) is 0 Å². The lowest BCUT2D eigenvalue weighted by atomic mass is 9.77. The number of hydrogen-bond donors (Lipinski definition) is 0. The molecule has 0 aromatic heterocycles. The molecule has 0 bridgehead atoms. The minimum Gasteiger partial charge on any atom is -0.0839 e. The fourth-order valence-corrected chi connectivity index (χ4v) is 6.69. The highest BCUT2D eigenvalue weighted by Crippen LogP contribution is 2.39. The molecule has 0 saturated carbocycles.